The second-order valence-corrected chi connectivity index (χ2v) is 5.65. The number of carboxylic acid groups (broad SMARTS) is 1. The van der Waals surface area contributed by atoms with Crippen molar-refractivity contribution in [3.05, 3.63) is 0 Å². The molecule has 1 N–H and O–H groups in total. The summed E-state index contributed by atoms with van der Waals surface area (Å²) in [5.41, 5.74) is -0.139. The number of carbonyl (C=O) groups is 2. The van der Waals surface area contributed by atoms with Crippen LogP contribution in [0.2, 0.25) is 0 Å². The van der Waals surface area contributed by atoms with Gasteiger partial charge >= 0.3 is 5.97 Å². The zero-order valence-electron chi connectivity index (χ0n) is 10.8. The number of rotatable bonds is 2. The number of morpholine rings is 1. The first-order chi connectivity index (χ1) is 9.12. The van der Waals surface area contributed by atoms with Gasteiger partial charge in [-0.05, 0) is 32.1 Å². The number of carboxylic acids is 1. The van der Waals surface area contributed by atoms with E-state index in [2.05, 4.69) is 0 Å². The van der Waals surface area contributed by atoms with Crippen molar-refractivity contribution in [3.63, 3.8) is 0 Å². The van der Waals surface area contributed by atoms with Gasteiger partial charge in [0.2, 0.25) is 0 Å². The molecule has 3 rings (SSSR count). The first-order valence-corrected chi connectivity index (χ1v) is 6.90. The third kappa shape index (κ3) is 2.12. The van der Waals surface area contributed by atoms with Crippen molar-refractivity contribution in [3.8, 4) is 0 Å². The van der Waals surface area contributed by atoms with Gasteiger partial charge in [-0.1, -0.05) is 0 Å². The molecule has 19 heavy (non-hydrogen) atoms. The summed E-state index contributed by atoms with van der Waals surface area (Å²) in [6.07, 6.45) is 2.59. The number of amides is 1. The molecule has 6 heteroatoms. The molecule has 0 aromatic heterocycles. The van der Waals surface area contributed by atoms with Crippen molar-refractivity contribution in [2.75, 3.05) is 19.8 Å². The second kappa shape index (κ2) is 4.76. The Morgan fingerprint density at radius 1 is 1.21 bits per heavy atom. The lowest BCUT2D eigenvalue weighted by Gasteiger charge is -2.53. The van der Waals surface area contributed by atoms with Crippen LogP contribution in [0.3, 0.4) is 0 Å². The average Bonchev–Trinajstić information content (AvgIpc) is 2.85. The highest BCUT2D eigenvalue weighted by Gasteiger charge is 2.49. The Morgan fingerprint density at radius 2 is 1.95 bits per heavy atom. The minimum absolute atomic E-state index is 0.0493. The fourth-order valence-electron chi connectivity index (χ4n) is 3.25. The Labute approximate surface area is 111 Å². The molecule has 2 saturated heterocycles. The Kier molecular flexibility index (Phi) is 3.22. The quantitative estimate of drug-likeness (QED) is 0.785. The van der Waals surface area contributed by atoms with E-state index in [9.17, 15) is 9.59 Å². The number of ether oxygens (including phenoxy) is 2. The summed E-state index contributed by atoms with van der Waals surface area (Å²) in [6, 6.07) is 0. The Morgan fingerprint density at radius 3 is 2.53 bits per heavy atom. The van der Waals surface area contributed by atoms with Crippen LogP contribution in [0.25, 0.3) is 0 Å². The fraction of sp³-hybridized carbons (Fsp3) is 0.846. The van der Waals surface area contributed by atoms with Gasteiger partial charge in [-0.2, -0.15) is 0 Å². The van der Waals surface area contributed by atoms with Gasteiger partial charge in [-0.15, -0.1) is 0 Å². The van der Waals surface area contributed by atoms with Gasteiger partial charge in [0.05, 0.1) is 18.8 Å². The third-order valence-electron chi connectivity index (χ3n) is 4.52. The second-order valence-electron chi connectivity index (χ2n) is 5.65. The standard InChI is InChI=1S/C13H19NO5/c15-11(9-2-3-10(19-9)12(16)17)14-6-7-18-8-13(14)4-1-5-13/h9-10H,1-8H2,(H,16,17)/t9-,10+/m0/s1. The smallest absolute Gasteiger partial charge is 0.332 e. The van der Waals surface area contributed by atoms with E-state index in [-0.39, 0.29) is 11.4 Å². The van der Waals surface area contributed by atoms with Crippen molar-refractivity contribution in [1.82, 2.24) is 4.90 Å². The molecule has 3 fully saturated rings. The summed E-state index contributed by atoms with van der Waals surface area (Å²) >= 11 is 0. The number of carbonyl (C=O) groups excluding carboxylic acids is 1. The minimum Gasteiger partial charge on any atom is -0.479 e. The molecule has 0 unspecified atom stereocenters. The lowest BCUT2D eigenvalue weighted by atomic mass is 9.75. The predicted octanol–water partition coefficient (Wildman–Crippen LogP) is 0.400. The van der Waals surface area contributed by atoms with E-state index < -0.39 is 18.2 Å². The summed E-state index contributed by atoms with van der Waals surface area (Å²) < 4.78 is 10.9. The van der Waals surface area contributed by atoms with Crippen LogP contribution in [0.15, 0.2) is 0 Å². The van der Waals surface area contributed by atoms with Crippen molar-refractivity contribution in [1.29, 1.82) is 0 Å². The molecule has 1 saturated carbocycles. The topological polar surface area (TPSA) is 76.1 Å². The molecule has 2 aliphatic heterocycles. The molecular weight excluding hydrogens is 250 g/mol. The van der Waals surface area contributed by atoms with Crippen LogP contribution in [0.4, 0.5) is 0 Å². The molecule has 3 aliphatic rings. The molecule has 106 valence electrons. The zero-order chi connectivity index (χ0) is 13.5. The van der Waals surface area contributed by atoms with E-state index in [1.165, 1.54) is 0 Å². The molecule has 6 nitrogen and oxygen atoms in total. The highest BCUT2D eigenvalue weighted by atomic mass is 16.5. The lowest BCUT2D eigenvalue weighted by molar-refractivity contribution is -0.171. The molecule has 0 bridgehead atoms. The van der Waals surface area contributed by atoms with Gasteiger partial charge in [-0.25, -0.2) is 4.79 Å². The first-order valence-electron chi connectivity index (χ1n) is 6.90. The van der Waals surface area contributed by atoms with Crippen molar-refractivity contribution in [2.24, 2.45) is 0 Å². The molecule has 0 radical (unpaired) electrons. The van der Waals surface area contributed by atoms with Crippen LogP contribution < -0.4 is 0 Å². The Bertz CT molecular complexity index is 392. The lowest BCUT2D eigenvalue weighted by Crippen LogP contribution is -2.64. The molecule has 1 amide bonds. The van der Waals surface area contributed by atoms with Gasteiger partial charge < -0.3 is 19.5 Å². The van der Waals surface area contributed by atoms with E-state index >= 15 is 0 Å². The van der Waals surface area contributed by atoms with Crippen LogP contribution in [0, 0.1) is 0 Å². The maximum atomic E-state index is 12.5. The van der Waals surface area contributed by atoms with Crippen LogP contribution in [-0.2, 0) is 19.1 Å². The molecule has 0 aromatic rings. The largest absolute Gasteiger partial charge is 0.479 e. The molecular formula is C13H19NO5. The van der Waals surface area contributed by atoms with Gasteiger partial charge in [0.15, 0.2) is 6.10 Å². The van der Waals surface area contributed by atoms with Crippen LogP contribution in [0.5, 0.6) is 0 Å². The number of hydrogen-bond donors (Lipinski definition) is 1. The van der Waals surface area contributed by atoms with Crippen molar-refractivity contribution in [2.45, 2.75) is 49.9 Å². The SMILES string of the molecule is O=C(O)[C@H]1CC[C@@H](C(=O)N2CCOCC23CCC3)O1. The summed E-state index contributed by atoms with van der Waals surface area (Å²) in [4.78, 5) is 25.3. The van der Waals surface area contributed by atoms with Gasteiger partial charge in [0.25, 0.3) is 5.91 Å². The Hall–Kier alpha value is -1.14. The fourth-order valence-corrected chi connectivity index (χ4v) is 3.25. The highest BCUT2D eigenvalue weighted by molar-refractivity contribution is 5.83. The minimum atomic E-state index is -0.976. The summed E-state index contributed by atoms with van der Waals surface area (Å²) in [5, 5.41) is 8.91. The van der Waals surface area contributed by atoms with Crippen molar-refractivity contribution < 1.29 is 24.2 Å². The van der Waals surface area contributed by atoms with E-state index in [1.807, 2.05) is 4.90 Å². The van der Waals surface area contributed by atoms with Gasteiger partial charge in [-0.3, -0.25) is 4.79 Å². The zero-order valence-corrected chi connectivity index (χ0v) is 10.8. The number of nitrogens with zero attached hydrogens (tertiary/aromatic N) is 1. The van der Waals surface area contributed by atoms with Gasteiger partial charge in [0.1, 0.15) is 6.10 Å². The predicted molar refractivity (Wildman–Crippen MR) is 64.6 cm³/mol. The monoisotopic (exact) mass is 269 g/mol. The maximum absolute atomic E-state index is 12.5. The summed E-state index contributed by atoms with van der Waals surface area (Å²) in [7, 11) is 0. The third-order valence-corrected chi connectivity index (χ3v) is 4.52. The van der Waals surface area contributed by atoms with Crippen LogP contribution >= 0.6 is 0 Å². The molecule has 2 heterocycles. The Balaban J connectivity index is 1.68. The van der Waals surface area contributed by atoms with Crippen LogP contribution in [-0.4, -0.2) is 59.4 Å². The normalized spacial score (nSPS) is 33.2. The summed E-state index contributed by atoms with van der Waals surface area (Å²) in [6.45, 7) is 1.76. The highest BCUT2D eigenvalue weighted by Crippen LogP contribution is 2.40. The van der Waals surface area contributed by atoms with E-state index in [1.54, 1.807) is 0 Å². The molecule has 1 spiro atoms. The molecule has 1 aliphatic carbocycles. The maximum Gasteiger partial charge on any atom is 0.332 e. The van der Waals surface area contributed by atoms with Crippen LogP contribution in [0.1, 0.15) is 32.1 Å². The molecule has 2 atom stereocenters. The summed E-state index contributed by atoms with van der Waals surface area (Å²) in [5.74, 6) is -1.03. The molecule has 0 aromatic carbocycles. The van der Waals surface area contributed by atoms with Gasteiger partial charge in [0, 0.05) is 6.54 Å². The first kappa shape index (κ1) is 12.9. The number of aliphatic carboxylic acids is 1. The van der Waals surface area contributed by atoms with E-state index in [0.29, 0.717) is 32.6 Å². The van der Waals surface area contributed by atoms with E-state index in [4.69, 9.17) is 14.6 Å². The van der Waals surface area contributed by atoms with Crippen molar-refractivity contribution >= 4 is 11.9 Å². The average molecular weight is 269 g/mol. The number of hydrogen-bond acceptors (Lipinski definition) is 4. The van der Waals surface area contributed by atoms with E-state index in [0.717, 1.165) is 19.3 Å².